The molecule has 1 aliphatic heterocycles. The van der Waals surface area contributed by atoms with Crippen molar-refractivity contribution in [1.82, 2.24) is 0 Å². The van der Waals surface area contributed by atoms with Crippen LogP contribution in [0.15, 0.2) is 109 Å². The Morgan fingerprint density at radius 3 is 1.97 bits per heavy atom. The molecule has 0 bridgehead atoms. The Morgan fingerprint density at radius 1 is 0.759 bits per heavy atom. The number of anilines is 1. The lowest BCUT2D eigenvalue weighted by atomic mass is 9.44. The van der Waals surface area contributed by atoms with Crippen molar-refractivity contribution in [2.45, 2.75) is 36.5 Å². The highest BCUT2D eigenvalue weighted by Crippen LogP contribution is 2.66. The molecule has 4 aromatic rings. The van der Waals surface area contributed by atoms with Gasteiger partial charge in [0, 0.05) is 35.1 Å². The number of hydrogen-bond acceptors (Lipinski definition) is 7. The number of carbonyl (C=O) groups is 4. The molecule has 0 radical (unpaired) electrons. The average molecular weight is 802 g/mol. The first-order valence-electron chi connectivity index (χ1n) is 18.3. The molecule has 58 heavy (non-hydrogen) atoms. The molecule has 6 atom stereocenters. The lowest BCUT2D eigenvalue weighted by Gasteiger charge is -2.55. The van der Waals surface area contributed by atoms with Crippen molar-refractivity contribution in [1.29, 1.82) is 0 Å². The molecule has 298 valence electrons. The second-order valence-corrected chi connectivity index (χ2v) is 14.8. The molecule has 1 N–H and O–H groups in total. The summed E-state index contributed by atoms with van der Waals surface area (Å²) >= 11 is 0. The predicted octanol–water partition coefficient (Wildman–Crippen LogP) is 8.48. The molecule has 1 saturated carbocycles. The van der Waals surface area contributed by atoms with E-state index in [1.165, 1.54) is 32.4 Å². The number of ketones is 2. The number of alkyl halides is 6. The van der Waals surface area contributed by atoms with Gasteiger partial charge in [0.25, 0.3) is 0 Å². The number of nitrogens with zero attached hydrogens (tertiary/aromatic N) is 1. The minimum absolute atomic E-state index is 0.0664. The molecule has 8 rings (SSSR count). The number of Topliss-reactive ketones (excluding diaryl/α,β-unsaturated/α-hetero) is 1. The van der Waals surface area contributed by atoms with E-state index in [0.717, 1.165) is 0 Å². The smallest absolute Gasteiger partial charge is 0.416 e. The van der Waals surface area contributed by atoms with Crippen molar-refractivity contribution in [3.05, 3.63) is 137 Å². The summed E-state index contributed by atoms with van der Waals surface area (Å²) in [6.07, 6.45) is -7.99. The maximum Gasteiger partial charge on any atom is 0.416 e. The molecule has 1 heterocycles. The van der Waals surface area contributed by atoms with Crippen LogP contribution in [0.25, 0.3) is 5.57 Å². The van der Waals surface area contributed by atoms with Gasteiger partial charge in [-0.15, -0.1) is 0 Å². The Hall–Kier alpha value is -6.18. The van der Waals surface area contributed by atoms with Crippen molar-refractivity contribution in [3.63, 3.8) is 0 Å². The number of halogens is 6. The number of benzene rings is 4. The van der Waals surface area contributed by atoms with E-state index in [4.69, 9.17) is 9.47 Å². The highest BCUT2D eigenvalue weighted by atomic mass is 19.4. The normalized spacial score (nSPS) is 25.7. The number of methoxy groups -OCH3 is 2. The van der Waals surface area contributed by atoms with E-state index in [1.807, 2.05) is 0 Å². The molecular weight excluding hydrogens is 768 g/mol. The van der Waals surface area contributed by atoms with Gasteiger partial charge in [-0.2, -0.15) is 26.3 Å². The van der Waals surface area contributed by atoms with E-state index < -0.39 is 87.6 Å². The molecule has 14 heteroatoms. The van der Waals surface area contributed by atoms with Crippen molar-refractivity contribution in [2.24, 2.45) is 23.7 Å². The monoisotopic (exact) mass is 801 g/mol. The molecule has 4 aliphatic rings. The van der Waals surface area contributed by atoms with Crippen LogP contribution < -0.4 is 14.4 Å². The highest BCUT2D eigenvalue weighted by molar-refractivity contribution is 6.32. The molecule has 0 aromatic heterocycles. The summed E-state index contributed by atoms with van der Waals surface area (Å²) in [6.45, 7) is 0. The number of rotatable bonds is 6. The molecule has 1 saturated heterocycles. The standard InChI is InChI=1S/C44H33F6NO7/c1-57-27-18-33(52)37(34(19-27)58-2)38-28-13-14-29-36(41(56)51(40(29)55)26-16-24(43(45,46)47)15-25(17-26)44(48,49)50)31(28)20-32-39(54)30(22-9-5-3-6-10-22)21-35(53)42(32,38)23-11-7-4-8-12-23/h3-13,15-19,21,29,31-32,36,38,52H,14,20H2,1-2H3. The zero-order chi connectivity index (χ0) is 41.5. The lowest BCUT2D eigenvalue weighted by molar-refractivity contribution is -0.143. The fourth-order valence-corrected chi connectivity index (χ4v) is 9.67. The number of phenolic OH excluding ortho intramolecular Hbond substituents is 1. The quantitative estimate of drug-likeness (QED) is 0.118. The van der Waals surface area contributed by atoms with E-state index in [9.17, 15) is 41.0 Å². The van der Waals surface area contributed by atoms with E-state index >= 15 is 9.59 Å². The highest BCUT2D eigenvalue weighted by Gasteiger charge is 2.67. The van der Waals surface area contributed by atoms with Gasteiger partial charge in [0.2, 0.25) is 11.8 Å². The first-order valence-corrected chi connectivity index (χ1v) is 18.3. The number of imide groups is 1. The summed E-state index contributed by atoms with van der Waals surface area (Å²) in [6, 6.07) is 20.3. The van der Waals surface area contributed by atoms with Crippen molar-refractivity contribution in [3.8, 4) is 17.2 Å². The Labute approximate surface area is 327 Å². The van der Waals surface area contributed by atoms with Gasteiger partial charge in [-0.1, -0.05) is 72.3 Å². The topological polar surface area (TPSA) is 110 Å². The average Bonchev–Trinajstić information content (AvgIpc) is 3.46. The Balaban J connectivity index is 1.37. The van der Waals surface area contributed by atoms with Crippen LogP contribution in [0.1, 0.15) is 46.6 Å². The van der Waals surface area contributed by atoms with Gasteiger partial charge >= 0.3 is 12.4 Å². The van der Waals surface area contributed by atoms with Crippen LogP contribution in [-0.2, 0) is 36.9 Å². The van der Waals surface area contributed by atoms with Gasteiger partial charge in [0.05, 0.1) is 48.3 Å². The zero-order valence-corrected chi connectivity index (χ0v) is 30.7. The maximum absolute atomic E-state index is 15.3. The van der Waals surface area contributed by atoms with Crippen LogP contribution in [0.4, 0.5) is 32.0 Å². The van der Waals surface area contributed by atoms with E-state index in [0.29, 0.717) is 33.7 Å². The second kappa shape index (κ2) is 13.7. The van der Waals surface area contributed by atoms with Gasteiger partial charge in [-0.3, -0.25) is 19.2 Å². The molecule has 4 aromatic carbocycles. The number of carbonyl (C=O) groups excluding carboxylic acids is 4. The summed E-state index contributed by atoms with van der Waals surface area (Å²) in [4.78, 5) is 59.6. The third-order valence-corrected chi connectivity index (χ3v) is 12.0. The fraction of sp³-hybridized carbons (Fsp3) is 0.273. The number of aromatic hydroxyl groups is 1. The van der Waals surface area contributed by atoms with Crippen molar-refractivity contribution < 1.29 is 60.1 Å². The Morgan fingerprint density at radius 2 is 1.38 bits per heavy atom. The maximum atomic E-state index is 15.3. The SMILES string of the molecule is COc1cc(O)c(C2C3=CCC4C(=O)N(c5cc(C(F)(F)F)cc(C(F)(F)F)c5)C(=O)C4C3CC3C(=O)C(c4ccccc4)=CC(=O)C32c2ccccc2)c(OC)c1. The summed E-state index contributed by atoms with van der Waals surface area (Å²) in [5, 5.41) is 11.9. The first kappa shape index (κ1) is 38.7. The van der Waals surface area contributed by atoms with Crippen LogP contribution in [0.3, 0.4) is 0 Å². The molecule has 8 nitrogen and oxygen atoms in total. The minimum Gasteiger partial charge on any atom is -0.507 e. The third kappa shape index (κ3) is 5.82. The molecule has 3 aliphatic carbocycles. The van der Waals surface area contributed by atoms with E-state index in [1.54, 1.807) is 66.7 Å². The largest absolute Gasteiger partial charge is 0.507 e. The van der Waals surface area contributed by atoms with Gasteiger partial charge in [0.15, 0.2) is 11.6 Å². The molecule has 2 fully saturated rings. The predicted molar refractivity (Wildman–Crippen MR) is 197 cm³/mol. The van der Waals surface area contributed by atoms with Gasteiger partial charge in [-0.25, -0.2) is 4.90 Å². The number of allylic oxidation sites excluding steroid dienone is 4. The zero-order valence-electron chi connectivity index (χ0n) is 30.7. The Kier molecular flexibility index (Phi) is 9.16. The number of hydrogen-bond donors (Lipinski definition) is 1. The second-order valence-electron chi connectivity index (χ2n) is 14.8. The third-order valence-electron chi connectivity index (χ3n) is 12.0. The Bertz CT molecular complexity index is 2410. The first-order chi connectivity index (χ1) is 27.5. The number of amides is 2. The van der Waals surface area contributed by atoms with Crippen molar-refractivity contribution in [2.75, 3.05) is 19.1 Å². The molecule has 0 spiro atoms. The molecule has 6 unspecified atom stereocenters. The summed E-state index contributed by atoms with van der Waals surface area (Å²) in [7, 11) is 2.70. The van der Waals surface area contributed by atoms with Crippen molar-refractivity contribution >= 4 is 34.6 Å². The van der Waals surface area contributed by atoms with Gasteiger partial charge < -0.3 is 14.6 Å². The minimum atomic E-state index is -5.25. The summed E-state index contributed by atoms with van der Waals surface area (Å²) in [5.41, 5.74) is -4.70. The molecular formula is C44H33F6NO7. The summed E-state index contributed by atoms with van der Waals surface area (Å²) in [5.74, 6) is -9.32. The van der Waals surface area contributed by atoms with Crippen LogP contribution in [0, 0.1) is 23.7 Å². The van der Waals surface area contributed by atoms with Crippen LogP contribution in [0.2, 0.25) is 0 Å². The van der Waals surface area contributed by atoms with E-state index in [-0.39, 0.29) is 47.3 Å². The fourth-order valence-electron chi connectivity index (χ4n) is 9.67. The van der Waals surface area contributed by atoms with Gasteiger partial charge in [-0.05, 0) is 54.2 Å². The van der Waals surface area contributed by atoms with Crippen LogP contribution >= 0.6 is 0 Å². The lowest BCUT2D eigenvalue weighted by Crippen LogP contribution is -2.58. The number of fused-ring (bicyclic) bond motifs is 4. The number of phenols is 1. The van der Waals surface area contributed by atoms with E-state index in [2.05, 4.69) is 0 Å². The summed E-state index contributed by atoms with van der Waals surface area (Å²) < 4.78 is 95.0. The van der Waals surface area contributed by atoms with Gasteiger partial charge in [0.1, 0.15) is 17.2 Å². The van der Waals surface area contributed by atoms with Crippen LogP contribution in [-0.4, -0.2) is 42.7 Å². The van der Waals surface area contributed by atoms with Crippen LogP contribution in [0.5, 0.6) is 17.2 Å². The number of ether oxygens (including phenoxy) is 2. The molecule has 2 amide bonds.